The van der Waals surface area contributed by atoms with Gasteiger partial charge in [-0.1, -0.05) is 23.4 Å². The third-order valence-electron chi connectivity index (χ3n) is 2.65. The molecule has 4 nitrogen and oxygen atoms in total. The molecule has 86 valence electrons. The molecule has 0 aliphatic carbocycles. The Hall–Kier alpha value is -1.36. The number of hydrogen-bond acceptors (Lipinski definition) is 3. The van der Waals surface area contributed by atoms with E-state index < -0.39 is 0 Å². The lowest BCUT2D eigenvalue weighted by Gasteiger charge is -2.15. The smallest absolute Gasteiger partial charge is 0.0601 e. The van der Waals surface area contributed by atoms with Gasteiger partial charge in [0.25, 0.3) is 0 Å². The van der Waals surface area contributed by atoms with Crippen molar-refractivity contribution in [2.24, 2.45) is 0 Å². The molecule has 16 heavy (non-hydrogen) atoms. The van der Waals surface area contributed by atoms with Crippen LogP contribution in [0.1, 0.15) is 5.56 Å². The van der Waals surface area contributed by atoms with Gasteiger partial charge in [-0.25, -0.2) is 0 Å². The first kappa shape index (κ1) is 11.1. The van der Waals surface area contributed by atoms with Crippen LogP contribution in [0.25, 0.3) is 10.9 Å². The van der Waals surface area contributed by atoms with Crippen molar-refractivity contribution >= 4 is 10.9 Å². The predicted octanol–water partition coefficient (Wildman–Crippen LogP) is 2.14. The number of H-pyrrole nitrogens is 1. The summed E-state index contributed by atoms with van der Waals surface area (Å²) in [6.45, 7) is 0.703. The summed E-state index contributed by atoms with van der Waals surface area (Å²) in [5.74, 6) is 0. The number of fused-ring (bicyclic) bond motifs is 1. The van der Waals surface area contributed by atoms with Crippen LogP contribution >= 0.6 is 0 Å². The molecule has 0 unspecified atom stereocenters. The molecule has 1 N–H and O–H groups in total. The van der Waals surface area contributed by atoms with Crippen molar-refractivity contribution in [1.29, 1.82) is 0 Å². The summed E-state index contributed by atoms with van der Waals surface area (Å²) in [5.41, 5.74) is 2.44. The minimum Gasteiger partial charge on any atom is -0.361 e. The Morgan fingerprint density at radius 3 is 2.69 bits per heavy atom. The molecule has 2 aromatic rings. The number of nitrogens with zero attached hydrogens (tertiary/aromatic N) is 1. The number of aromatic amines is 1. The normalized spacial score (nSPS) is 11.4. The van der Waals surface area contributed by atoms with E-state index >= 15 is 0 Å². The Morgan fingerprint density at radius 2 is 1.94 bits per heavy atom. The Balaban J connectivity index is 2.09. The third-order valence-corrected chi connectivity index (χ3v) is 2.65. The van der Waals surface area contributed by atoms with E-state index in [1.54, 1.807) is 14.2 Å². The maximum absolute atomic E-state index is 5.01. The molecule has 0 spiro atoms. The summed E-state index contributed by atoms with van der Waals surface area (Å²) >= 11 is 0. The standard InChI is InChI=1S/C12H16N2O2/c1-15-14(16-2)8-7-10-9-13-12-6-4-3-5-11(10)12/h3-6,9,13H,7-8H2,1-2H3. The Morgan fingerprint density at radius 1 is 1.19 bits per heavy atom. The van der Waals surface area contributed by atoms with Crippen molar-refractivity contribution in [3.63, 3.8) is 0 Å². The number of hydroxylamine groups is 2. The molecule has 0 bridgehead atoms. The van der Waals surface area contributed by atoms with Crippen molar-refractivity contribution in [3.05, 3.63) is 36.0 Å². The number of nitrogens with one attached hydrogen (secondary N) is 1. The summed E-state index contributed by atoms with van der Waals surface area (Å²) < 4.78 is 0. The fraction of sp³-hybridized carbons (Fsp3) is 0.333. The lowest BCUT2D eigenvalue weighted by Crippen LogP contribution is -2.23. The van der Waals surface area contributed by atoms with Gasteiger partial charge in [0.1, 0.15) is 0 Å². The largest absolute Gasteiger partial charge is 0.361 e. The maximum atomic E-state index is 5.01. The van der Waals surface area contributed by atoms with Gasteiger partial charge in [0, 0.05) is 17.1 Å². The molecule has 0 aliphatic heterocycles. The molecule has 1 heterocycles. The molecule has 1 aromatic carbocycles. The molecule has 0 aliphatic rings. The second-order valence-electron chi connectivity index (χ2n) is 3.53. The minimum atomic E-state index is 0.703. The van der Waals surface area contributed by atoms with Crippen molar-refractivity contribution < 1.29 is 9.68 Å². The predicted molar refractivity (Wildman–Crippen MR) is 62.7 cm³/mol. The molecular weight excluding hydrogens is 204 g/mol. The third kappa shape index (κ3) is 2.24. The number of benzene rings is 1. The summed E-state index contributed by atoms with van der Waals surface area (Å²) in [6, 6.07) is 8.26. The minimum absolute atomic E-state index is 0.703. The van der Waals surface area contributed by atoms with E-state index in [9.17, 15) is 0 Å². The Kier molecular flexibility index (Phi) is 3.56. The lowest BCUT2D eigenvalue weighted by atomic mass is 10.1. The fourth-order valence-electron chi connectivity index (χ4n) is 1.81. The quantitative estimate of drug-likeness (QED) is 0.784. The lowest BCUT2D eigenvalue weighted by molar-refractivity contribution is -0.341. The van der Waals surface area contributed by atoms with Gasteiger partial charge in [-0.2, -0.15) is 0 Å². The topological polar surface area (TPSA) is 37.5 Å². The average molecular weight is 220 g/mol. The summed E-state index contributed by atoms with van der Waals surface area (Å²) in [5, 5.41) is 2.72. The number of aromatic nitrogens is 1. The van der Waals surface area contributed by atoms with Gasteiger partial charge in [0.2, 0.25) is 0 Å². The van der Waals surface area contributed by atoms with Crippen LogP contribution in [0.2, 0.25) is 0 Å². The maximum Gasteiger partial charge on any atom is 0.0601 e. The second kappa shape index (κ2) is 5.12. The average Bonchev–Trinajstić information content (AvgIpc) is 2.74. The van der Waals surface area contributed by atoms with E-state index in [-0.39, 0.29) is 0 Å². The van der Waals surface area contributed by atoms with Crippen LogP contribution in [-0.4, -0.2) is 31.0 Å². The highest BCUT2D eigenvalue weighted by molar-refractivity contribution is 5.82. The highest BCUT2D eigenvalue weighted by atomic mass is 16.9. The van der Waals surface area contributed by atoms with E-state index in [2.05, 4.69) is 17.1 Å². The molecule has 0 radical (unpaired) electrons. The van der Waals surface area contributed by atoms with Crippen LogP contribution < -0.4 is 0 Å². The van der Waals surface area contributed by atoms with Crippen molar-refractivity contribution in [1.82, 2.24) is 10.2 Å². The van der Waals surface area contributed by atoms with Crippen molar-refractivity contribution in [3.8, 4) is 0 Å². The zero-order valence-electron chi connectivity index (χ0n) is 9.56. The second-order valence-corrected chi connectivity index (χ2v) is 3.53. The number of rotatable bonds is 5. The summed E-state index contributed by atoms with van der Waals surface area (Å²) in [4.78, 5) is 13.3. The Labute approximate surface area is 94.7 Å². The van der Waals surface area contributed by atoms with Gasteiger partial charge in [-0.05, 0) is 18.1 Å². The van der Waals surface area contributed by atoms with E-state index in [1.807, 2.05) is 18.3 Å². The molecule has 0 saturated carbocycles. The van der Waals surface area contributed by atoms with Crippen molar-refractivity contribution in [2.45, 2.75) is 6.42 Å². The zero-order valence-corrected chi connectivity index (χ0v) is 9.56. The zero-order chi connectivity index (χ0) is 11.4. The van der Waals surface area contributed by atoms with Gasteiger partial charge in [-0.15, -0.1) is 0 Å². The Bertz CT molecular complexity index is 449. The first-order valence-electron chi connectivity index (χ1n) is 5.26. The molecule has 0 fully saturated rings. The van der Waals surface area contributed by atoms with Crippen LogP contribution in [0, 0.1) is 0 Å². The van der Waals surface area contributed by atoms with Crippen LogP contribution in [0.5, 0.6) is 0 Å². The van der Waals surface area contributed by atoms with Crippen LogP contribution in [0.15, 0.2) is 30.5 Å². The van der Waals surface area contributed by atoms with Crippen molar-refractivity contribution in [2.75, 3.05) is 20.8 Å². The summed E-state index contributed by atoms with van der Waals surface area (Å²) in [6.07, 6.45) is 2.92. The highest BCUT2D eigenvalue weighted by Gasteiger charge is 2.06. The van der Waals surface area contributed by atoms with Gasteiger partial charge < -0.3 is 4.98 Å². The van der Waals surface area contributed by atoms with Crippen LogP contribution in [0.3, 0.4) is 0 Å². The molecule has 1 aromatic heterocycles. The molecular formula is C12H16N2O2. The number of para-hydroxylation sites is 1. The van der Waals surface area contributed by atoms with Crippen LogP contribution in [-0.2, 0) is 16.1 Å². The number of hydrogen-bond donors (Lipinski definition) is 1. The molecule has 4 heteroatoms. The first-order valence-corrected chi connectivity index (χ1v) is 5.26. The summed E-state index contributed by atoms with van der Waals surface area (Å²) in [7, 11) is 3.19. The first-order chi connectivity index (χ1) is 7.85. The molecule has 0 atom stereocenters. The fourth-order valence-corrected chi connectivity index (χ4v) is 1.81. The van der Waals surface area contributed by atoms with Gasteiger partial charge in [-0.3, -0.25) is 9.68 Å². The van der Waals surface area contributed by atoms with Gasteiger partial charge >= 0.3 is 0 Å². The van der Waals surface area contributed by atoms with E-state index in [4.69, 9.17) is 9.68 Å². The van der Waals surface area contributed by atoms with E-state index in [0.29, 0.717) is 6.54 Å². The van der Waals surface area contributed by atoms with Gasteiger partial charge in [0.05, 0.1) is 20.8 Å². The SMILES string of the molecule is CON(CCc1c[nH]c2ccccc12)OC. The molecule has 0 amide bonds. The van der Waals surface area contributed by atoms with Crippen LogP contribution in [0.4, 0.5) is 0 Å². The highest BCUT2D eigenvalue weighted by Crippen LogP contribution is 2.18. The van der Waals surface area contributed by atoms with E-state index in [0.717, 1.165) is 6.42 Å². The monoisotopic (exact) mass is 220 g/mol. The molecule has 0 saturated heterocycles. The van der Waals surface area contributed by atoms with E-state index in [1.165, 1.54) is 21.7 Å². The molecule has 2 rings (SSSR count). The van der Waals surface area contributed by atoms with Gasteiger partial charge in [0.15, 0.2) is 0 Å².